The summed E-state index contributed by atoms with van der Waals surface area (Å²) in [6.45, 7) is 0. The van der Waals surface area contributed by atoms with Crippen LogP contribution in [0.5, 0.6) is 0 Å². The van der Waals surface area contributed by atoms with E-state index in [-0.39, 0.29) is 6.42 Å². The van der Waals surface area contributed by atoms with Crippen molar-refractivity contribution in [3.8, 4) is 0 Å². The van der Waals surface area contributed by atoms with Crippen LogP contribution in [-0.2, 0) is 6.42 Å². The molecule has 0 aliphatic rings. The molecule has 18 heavy (non-hydrogen) atoms. The van der Waals surface area contributed by atoms with Gasteiger partial charge in [0, 0.05) is 22.0 Å². The van der Waals surface area contributed by atoms with Crippen LogP contribution in [0.15, 0.2) is 42.5 Å². The van der Waals surface area contributed by atoms with Crippen LogP contribution >= 0.6 is 23.2 Å². The van der Waals surface area contributed by atoms with Gasteiger partial charge in [-0.2, -0.15) is 0 Å². The fraction of sp³-hybridized carbons (Fsp3) is 0.143. The monoisotopic (exact) mass is 284 g/mol. The quantitative estimate of drug-likeness (QED) is 0.885. The fourth-order valence-corrected chi connectivity index (χ4v) is 2.09. The van der Waals surface area contributed by atoms with E-state index >= 15 is 0 Å². The molecular formula is C14H11Cl2FO. The van der Waals surface area contributed by atoms with Gasteiger partial charge in [-0.15, -0.1) is 0 Å². The van der Waals surface area contributed by atoms with Gasteiger partial charge in [-0.1, -0.05) is 41.4 Å². The summed E-state index contributed by atoms with van der Waals surface area (Å²) < 4.78 is 13.6. The summed E-state index contributed by atoms with van der Waals surface area (Å²) >= 11 is 11.7. The number of benzene rings is 2. The van der Waals surface area contributed by atoms with Gasteiger partial charge in [-0.25, -0.2) is 4.39 Å². The number of rotatable bonds is 3. The van der Waals surface area contributed by atoms with Gasteiger partial charge in [0.2, 0.25) is 0 Å². The van der Waals surface area contributed by atoms with E-state index in [9.17, 15) is 9.50 Å². The summed E-state index contributed by atoms with van der Waals surface area (Å²) in [6, 6.07) is 11.3. The largest absolute Gasteiger partial charge is 0.388 e. The van der Waals surface area contributed by atoms with E-state index in [2.05, 4.69) is 0 Å². The van der Waals surface area contributed by atoms with Gasteiger partial charge in [-0.05, 0) is 29.8 Å². The predicted molar refractivity (Wildman–Crippen MR) is 71.5 cm³/mol. The average Bonchev–Trinajstić information content (AvgIpc) is 2.34. The van der Waals surface area contributed by atoms with E-state index in [1.165, 1.54) is 12.1 Å². The van der Waals surface area contributed by atoms with Gasteiger partial charge in [-0.3, -0.25) is 0 Å². The Balaban J connectivity index is 2.21. The third-order valence-corrected chi connectivity index (χ3v) is 3.32. The molecule has 1 nitrogen and oxygen atoms in total. The Morgan fingerprint density at radius 3 is 2.33 bits per heavy atom. The summed E-state index contributed by atoms with van der Waals surface area (Å²) in [6.07, 6.45) is -0.677. The Labute approximate surface area is 115 Å². The maximum Gasteiger partial charge on any atom is 0.127 e. The number of aliphatic hydroxyl groups is 1. The van der Waals surface area contributed by atoms with Gasteiger partial charge < -0.3 is 5.11 Å². The molecule has 0 aliphatic heterocycles. The van der Waals surface area contributed by atoms with Crippen LogP contribution in [0.3, 0.4) is 0 Å². The van der Waals surface area contributed by atoms with Crippen molar-refractivity contribution in [2.24, 2.45) is 0 Å². The highest BCUT2D eigenvalue weighted by molar-refractivity contribution is 6.31. The molecular weight excluding hydrogens is 274 g/mol. The van der Waals surface area contributed by atoms with Crippen LogP contribution < -0.4 is 0 Å². The zero-order valence-corrected chi connectivity index (χ0v) is 10.9. The average molecular weight is 285 g/mol. The molecule has 2 aromatic carbocycles. The molecule has 4 heteroatoms. The summed E-state index contributed by atoms with van der Waals surface area (Å²) in [5.41, 5.74) is 1.00. The van der Waals surface area contributed by atoms with Crippen LogP contribution in [0.4, 0.5) is 4.39 Å². The van der Waals surface area contributed by atoms with Crippen molar-refractivity contribution in [1.82, 2.24) is 0 Å². The molecule has 2 rings (SSSR count). The van der Waals surface area contributed by atoms with E-state index in [0.717, 1.165) is 0 Å². The minimum atomic E-state index is -0.809. The smallest absolute Gasteiger partial charge is 0.127 e. The van der Waals surface area contributed by atoms with Gasteiger partial charge in [0.05, 0.1) is 6.10 Å². The molecule has 0 radical (unpaired) electrons. The van der Waals surface area contributed by atoms with Crippen molar-refractivity contribution >= 4 is 23.2 Å². The molecule has 0 heterocycles. The first-order valence-corrected chi connectivity index (χ1v) is 6.20. The second-order valence-corrected chi connectivity index (χ2v) is 4.82. The fourth-order valence-electron chi connectivity index (χ4n) is 1.72. The molecule has 1 unspecified atom stereocenters. The van der Waals surface area contributed by atoms with E-state index in [1.807, 2.05) is 0 Å². The standard InChI is InChI=1S/C14H11Cl2FO/c15-10-6-4-9(5-7-10)14(18)8-11-12(16)2-1-3-13(11)17/h1-7,14,18H,8H2. The molecule has 0 amide bonds. The Kier molecular flexibility index (Phi) is 4.23. The van der Waals surface area contributed by atoms with Crippen molar-refractivity contribution in [3.05, 3.63) is 69.5 Å². The van der Waals surface area contributed by atoms with Crippen molar-refractivity contribution in [2.45, 2.75) is 12.5 Å². The van der Waals surface area contributed by atoms with Gasteiger partial charge in [0.1, 0.15) is 5.82 Å². The second kappa shape index (κ2) is 5.70. The van der Waals surface area contributed by atoms with Crippen molar-refractivity contribution in [2.75, 3.05) is 0 Å². The zero-order valence-electron chi connectivity index (χ0n) is 9.41. The molecule has 0 saturated heterocycles. The second-order valence-electron chi connectivity index (χ2n) is 3.97. The van der Waals surface area contributed by atoms with E-state index in [0.29, 0.717) is 21.2 Å². The van der Waals surface area contributed by atoms with Crippen LogP contribution in [0.25, 0.3) is 0 Å². The molecule has 0 bridgehead atoms. The molecule has 0 aliphatic carbocycles. The molecule has 0 aromatic heterocycles. The number of hydrogen-bond acceptors (Lipinski definition) is 1. The summed E-state index contributed by atoms with van der Waals surface area (Å²) in [7, 11) is 0. The third kappa shape index (κ3) is 3.02. The van der Waals surface area contributed by atoms with Crippen LogP contribution in [0.2, 0.25) is 10.0 Å². The van der Waals surface area contributed by atoms with E-state index < -0.39 is 11.9 Å². The molecule has 2 aromatic rings. The third-order valence-electron chi connectivity index (χ3n) is 2.71. The first-order chi connectivity index (χ1) is 8.58. The first kappa shape index (κ1) is 13.3. The van der Waals surface area contributed by atoms with Crippen LogP contribution in [0, 0.1) is 5.82 Å². The summed E-state index contributed by atoms with van der Waals surface area (Å²) in [4.78, 5) is 0. The highest BCUT2D eigenvalue weighted by atomic mass is 35.5. The molecule has 1 atom stereocenters. The van der Waals surface area contributed by atoms with Crippen LogP contribution in [-0.4, -0.2) is 5.11 Å². The maximum absolute atomic E-state index is 13.6. The zero-order chi connectivity index (χ0) is 13.1. The predicted octanol–water partition coefficient (Wildman–Crippen LogP) is 4.41. The van der Waals surface area contributed by atoms with Crippen molar-refractivity contribution in [1.29, 1.82) is 0 Å². The lowest BCUT2D eigenvalue weighted by Crippen LogP contribution is -2.04. The lowest BCUT2D eigenvalue weighted by Gasteiger charge is -2.13. The topological polar surface area (TPSA) is 20.2 Å². The SMILES string of the molecule is OC(Cc1c(F)cccc1Cl)c1ccc(Cl)cc1. The number of hydrogen-bond donors (Lipinski definition) is 1. The Hall–Kier alpha value is -1.09. The molecule has 94 valence electrons. The van der Waals surface area contributed by atoms with Crippen molar-refractivity contribution < 1.29 is 9.50 Å². The highest BCUT2D eigenvalue weighted by Crippen LogP contribution is 2.26. The van der Waals surface area contributed by atoms with Gasteiger partial charge in [0.15, 0.2) is 0 Å². The lowest BCUT2D eigenvalue weighted by atomic mass is 10.0. The van der Waals surface area contributed by atoms with Crippen molar-refractivity contribution in [3.63, 3.8) is 0 Å². The molecule has 0 saturated carbocycles. The van der Waals surface area contributed by atoms with E-state index in [1.54, 1.807) is 30.3 Å². The summed E-state index contributed by atoms with van der Waals surface area (Å²) in [5, 5.41) is 11.0. The van der Waals surface area contributed by atoms with Gasteiger partial charge >= 0.3 is 0 Å². The normalized spacial score (nSPS) is 12.4. The van der Waals surface area contributed by atoms with Gasteiger partial charge in [0.25, 0.3) is 0 Å². The molecule has 1 N–H and O–H groups in total. The molecule has 0 fully saturated rings. The number of halogens is 3. The Morgan fingerprint density at radius 1 is 1.06 bits per heavy atom. The highest BCUT2D eigenvalue weighted by Gasteiger charge is 2.14. The maximum atomic E-state index is 13.6. The summed E-state index contributed by atoms with van der Waals surface area (Å²) in [5.74, 6) is -0.407. The lowest BCUT2D eigenvalue weighted by molar-refractivity contribution is 0.177. The molecule has 0 spiro atoms. The van der Waals surface area contributed by atoms with Crippen LogP contribution in [0.1, 0.15) is 17.2 Å². The minimum absolute atomic E-state index is 0.132. The Bertz CT molecular complexity index is 520. The van der Waals surface area contributed by atoms with E-state index in [4.69, 9.17) is 23.2 Å². The Morgan fingerprint density at radius 2 is 1.72 bits per heavy atom. The first-order valence-electron chi connectivity index (χ1n) is 5.44. The minimum Gasteiger partial charge on any atom is -0.388 e. The number of aliphatic hydroxyl groups excluding tert-OH is 1.